The van der Waals surface area contributed by atoms with Gasteiger partial charge in [0.25, 0.3) is 5.91 Å². The first-order valence-electron chi connectivity index (χ1n) is 9.91. The summed E-state index contributed by atoms with van der Waals surface area (Å²) in [5, 5.41) is 1.94. The van der Waals surface area contributed by atoms with Crippen molar-refractivity contribution in [3.8, 4) is 5.75 Å². The molecule has 2 aliphatic rings. The van der Waals surface area contributed by atoms with Crippen LogP contribution in [-0.4, -0.2) is 54.4 Å². The molecule has 0 unspecified atom stereocenters. The molecule has 2 aliphatic heterocycles. The molecule has 3 heterocycles. The summed E-state index contributed by atoms with van der Waals surface area (Å²) in [6.07, 6.45) is 3.19. The van der Waals surface area contributed by atoms with Crippen LogP contribution in [0, 0.1) is 5.92 Å². The van der Waals surface area contributed by atoms with Gasteiger partial charge in [-0.05, 0) is 54.3 Å². The number of carbonyl (C=O) groups excluding carboxylic acids is 2. The molecule has 1 aromatic carbocycles. The molecule has 2 amide bonds. The predicted octanol–water partition coefficient (Wildman–Crippen LogP) is 3.45. The van der Waals surface area contributed by atoms with E-state index in [2.05, 4.69) is 17.0 Å². The summed E-state index contributed by atoms with van der Waals surface area (Å²) in [7, 11) is 1.66. The van der Waals surface area contributed by atoms with E-state index in [-0.39, 0.29) is 17.9 Å². The minimum Gasteiger partial charge on any atom is -0.497 e. The number of methoxy groups -OCH3 is 1. The molecule has 0 saturated carbocycles. The molecule has 1 aromatic heterocycles. The Balaban J connectivity index is 1.39. The van der Waals surface area contributed by atoms with E-state index in [1.54, 1.807) is 7.11 Å². The number of hydrogen-bond acceptors (Lipinski definition) is 4. The molecule has 2 atom stereocenters. The Kier molecular flexibility index (Phi) is 5.67. The first-order chi connectivity index (χ1) is 13.7. The summed E-state index contributed by atoms with van der Waals surface area (Å²) in [6.45, 7) is 2.23. The normalized spacial score (nSPS) is 22.1. The predicted molar refractivity (Wildman–Crippen MR) is 110 cm³/mol. The van der Waals surface area contributed by atoms with Gasteiger partial charge in [-0.25, -0.2) is 0 Å². The van der Waals surface area contributed by atoms with Crippen LogP contribution in [0.2, 0.25) is 0 Å². The maximum absolute atomic E-state index is 12.7. The summed E-state index contributed by atoms with van der Waals surface area (Å²) in [6, 6.07) is 12.1. The van der Waals surface area contributed by atoms with Gasteiger partial charge in [-0.3, -0.25) is 9.59 Å². The van der Waals surface area contributed by atoms with Gasteiger partial charge in [-0.1, -0.05) is 18.2 Å². The van der Waals surface area contributed by atoms with E-state index in [0.29, 0.717) is 12.3 Å². The van der Waals surface area contributed by atoms with Gasteiger partial charge in [0.1, 0.15) is 5.75 Å². The first kappa shape index (κ1) is 19.0. The third-order valence-electron chi connectivity index (χ3n) is 5.96. The summed E-state index contributed by atoms with van der Waals surface area (Å²) in [4.78, 5) is 30.1. The molecule has 6 heteroatoms. The lowest BCUT2D eigenvalue weighted by molar-refractivity contribution is -0.140. The molecule has 0 aliphatic carbocycles. The number of likely N-dealkylation sites (tertiary alicyclic amines) is 2. The van der Waals surface area contributed by atoms with Crippen molar-refractivity contribution in [2.45, 2.75) is 31.7 Å². The number of fused-ring (bicyclic) bond motifs is 1. The van der Waals surface area contributed by atoms with Gasteiger partial charge in [0.2, 0.25) is 5.91 Å². The fourth-order valence-electron chi connectivity index (χ4n) is 4.42. The quantitative estimate of drug-likeness (QED) is 0.775. The van der Waals surface area contributed by atoms with E-state index in [9.17, 15) is 9.59 Å². The number of amides is 2. The Morgan fingerprint density at radius 2 is 2.04 bits per heavy atom. The molecule has 0 spiro atoms. The Hall–Kier alpha value is -2.34. The van der Waals surface area contributed by atoms with Gasteiger partial charge in [0.05, 0.1) is 12.0 Å². The van der Waals surface area contributed by atoms with Crippen LogP contribution in [0.1, 0.15) is 34.5 Å². The second kappa shape index (κ2) is 8.35. The number of rotatable bonds is 5. The molecule has 4 rings (SSSR count). The molecule has 2 saturated heterocycles. The second-order valence-electron chi connectivity index (χ2n) is 7.57. The van der Waals surface area contributed by atoms with Crippen LogP contribution in [0.25, 0.3) is 0 Å². The zero-order valence-corrected chi connectivity index (χ0v) is 17.0. The van der Waals surface area contributed by atoms with Crippen molar-refractivity contribution in [1.82, 2.24) is 9.80 Å². The molecular weight excluding hydrogens is 372 g/mol. The molecule has 0 N–H and O–H groups in total. The van der Waals surface area contributed by atoms with Gasteiger partial charge >= 0.3 is 0 Å². The third-order valence-corrected chi connectivity index (χ3v) is 6.82. The number of hydrogen-bond donors (Lipinski definition) is 0. The number of thiophene rings is 1. The lowest BCUT2D eigenvalue weighted by Crippen LogP contribution is -2.57. The van der Waals surface area contributed by atoms with E-state index in [1.807, 2.05) is 34.5 Å². The minimum absolute atomic E-state index is 0.134. The molecule has 2 aromatic rings. The standard InChI is InChI=1S/C22H26N2O3S/c1-27-18-7-4-16(5-8-18)10-13-24-19-11-12-23(15-17(19)6-9-21(24)25)22(26)20-3-2-14-28-20/h2-5,7-8,14,17,19H,6,9-13,15H2,1H3/t17-,19+/m1/s1. The molecule has 0 radical (unpaired) electrons. The van der Waals surface area contributed by atoms with Crippen molar-refractivity contribution in [3.63, 3.8) is 0 Å². The average molecular weight is 399 g/mol. The Morgan fingerprint density at radius 3 is 2.75 bits per heavy atom. The van der Waals surface area contributed by atoms with Gasteiger partial charge in [-0.15, -0.1) is 11.3 Å². The van der Waals surface area contributed by atoms with Crippen molar-refractivity contribution in [3.05, 3.63) is 52.2 Å². The maximum Gasteiger partial charge on any atom is 0.263 e. The SMILES string of the molecule is COc1ccc(CCN2C(=O)CC[C@@H]3CN(C(=O)c4cccs4)CC[C@@H]32)cc1. The monoisotopic (exact) mass is 398 g/mol. The fraction of sp³-hybridized carbons (Fsp3) is 0.455. The number of ether oxygens (including phenoxy) is 1. The van der Waals surface area contributed by atoms with Crippen LogP contribution in [0.5, 0.6) is 5.75 Å². The van der Waals surface area contributed by atoms with Crippen LogP contribution < -0.4 is 4.74 Å². The van der Waals surface area contributed by atoms with Crippen LogP contribution in [-0.2, 0) is 11.2 Å². The highest BCUT2D eigenvalue weighted by atomic mass is 32.1. The Morgan fingerprint density at radius 1 is 1.21 bits per heavy atom. The van der Waals surface area contributed by atoms with E-state index in [1.165, 1.54) is 16.9 Å². The lowest BCUT2D eigenvalue weighted by Gasteiger charge is -2.47. The van der Waals surface area contributed by atoms with Crippen molar-refractivity contribution < 1.29 is 14.3 Å². The molecule has 2 fully saturated rings. The molecule has 28 heavy (non-hydrogen) atoms. The zero-order valence-electron chi connectivity index (χ0n) is 16.2. The van der Waals surface area contributed by atoms with E-state index < -0.39 is 0 Å². The van der Waals surface area contributed by atoms with E-state index in [0.717, 1.165) is 49.5 Å². The maximum atomic E-state index is 12.7. The molecule has 0 bridgehead atoms. The highest BCUT2D eigenvalue weighted by Gasteiger charge is 2.40. The fourth-order valence-corrected chi connectivity index (χ4v) is 5.11. The number of piperidine rings is 2. The summed E-state index contributed by atoms with van der Waals surface area (Å²) in [5.41, 5.74) is 1.21. The second-order valence-corrected chi connectivity index (χ2v) is 8.52. The van der Waals surface area contributed by atoms with Crippen molar-refractivity contribution in [2.24, 2.45) is 5.92 Å². The van der Waals surface area contributed by atoms with Gasteiger partial charge < -0.3 is 14.5 Å². The summed E-state index contributed by atoms with van der Waals surface area (Å²) in [5.74, 6) is 1.62. The lowest BCUT2D eigenvalue weighted by atomic mass is 9.83. The number of nitrogens with zero attached hydrogens (tertiary/aromatic N) is 2. The van der Waals surface area contributed by atoms with Crippen LogP contribution in [0.3, 0.4) is 0 Å². The van der Waals surface area contributed by atoms with Gasteiger partial charge in [0.15, 0.2) is 0 Å². The molecule has 5 nitrogen and oxygen atoms in total. The zero-order chi connectivity index (χ0) is 19.5. The van der Waals surface area contributed by atoms with Gasteiger partial charge in [0, 0.05) is 32.1 Å². The van der Waals surface area contributed by atoms with Crippen molar-refractivity contribution in [2.75, 3.05) is 26.7 Å². The molecular formula is C22H26N2O3S. The number of carbonyl (C=O) groups is 2. The highest BCUT2D eigenvalue weighted by Crippen LogP contribution is 2.32. The van der Waals surface area contributed by atoms with Crippen LogP contribution >= 0.6 is 11.3 Å². The minimum atomic E-state index is 0.134. The van der Waals surface area contributed by atoms with Crippen LogP contribution in [0.15, 0.2) is 41.8 Å². The highest BCUT2D eigenvalue weighted by molar-refractivity contribution is 7.12. The van der Waals surface area contributed by atoms with E-state index in [4.69, 9.17) is 4.74 Å². The number of benzene rings is 1. The topological polar surface area (TPSA) is 49.9 Å². The van der Waals surface area contributed by atoms with Crippen LogP contribution in [0.4, 0.5) is 0 Å². The van der Waals surface area contributed by atoms with E-state index >= 15 is 0 Å². The van der Waals surface area contributed by atoms with Crippen molar-refractivity contribution >= 4 is 23.2 Å². The van der Waals surface area contributed by atoms with Crippen molar-refractivity contribution in [1.29, 1.82) is 0 Å². The summed E-state index contributed by atoms with van der Waals surface area (Å²) >= 11 is 1.50. The third kappa shape index (κ3) is 3.92. The first-order valence-corrected chi connectivity index (χ1v) is 10.8. The smallest absolute Gasteiger partial charge is 0.263 e. The molecule has 148 valence electrons. The summed E-state index contributed by atoms with van der Waals surface area (Å²) < 4.78 is 5.21. The Bertz CT molecular complexity index is 819. The van der Waals surface area contributed by atoms with Gasteiger partial charge in [-0.2, -0.15) is 0 Å². The largest absolute Gasteiger partial charge is 0.497 e. The average Bonchev–Trinajstić information content (AvgIpc) is 3.27. The Labute approximate surface area is 169 Å².